The topological polar surface area (TPSA) is 132 Å². The van der Waals surface area contributed by atoms with Crippen LogP contribution < -0.4 is 16.8 Å². The molecule has 0 atom stereocenters. The van der Waals surface area contributed by atoms with E-state index in [0.29, 0.717) is 37.4 Å². The van der Waals surface area contributed by atoms with E-state index in [1.54, 1.807) is 15.5 Å². The fourth-order valence-corrected chi connectivity index (χ4v) is 3.62. The number of nitrogens with zero attached hydrogens (tertiary/aromatic N) is 4. The third-order valence-corrected chi connectivity index (χ3v) is 5.10. The van der Waals surface area contributed by atoms with Crippen LogP contribution in [-0.4, -0.2) is 50.8 Å². The van der Waals surface area contributed by atoms with Gasteiger partial charge in [-0.1, -0.05) is 36.4 Å². The first-order valence-electron chi connectivity index (χ1n) is 9.75. The third-order valence-electron chi connectivity index (χ3n) is 5.10. The highest BCUT2D eigenvalue weighted by molar-refractivity contribution is 5.95. The number of anilines is 1. The van der Waals surface area contributed by atoms with Gasteiger partial charge in [0.25, 0.3) is 5.91 Å². The van der Waals surface area contributed by atoms with Crippen LogP contribution in [0.25, 0.3) is 22.5 Å². The van der Waals surface area contributed by atoms with Crippen molar-refractivity contribution in [3.8, 4) is 11.3 Å². The Kier molecular flexibility index (Phi) is 5.09. The maximum absolute atomic E-state index is 12.4. The van der Waals surface area contributed by atoms with Gasteiger partial charge in [-0.05, 0) is 18.9 Å². The van der Waals surface area contributed by atoms with Gasteiger partial charge in [0.1, 0.15) is 11.3 Å². The molecule has 30 heavy (non-hydrogen) atoms. The van der Waals surface area contributed by atoms with Gasteiger partial charge in [-0.2, -0.15) is 0 Å². The Morgan fingerprint density at radius 3 is 2.60 bits per heavy atom. The minimum Gasteiger partial charge on any atom is -0.369 e. The number of carbonyl (C=O) groups excluding carboxylic acids is 2. The van der Waals surface area contributed by atoms with Crippen LogP contribution in [-0.2, 0) is 0 Å². The van der Waals surface area contributed by atoms with Crippen LogP contribution in [0, 0.1) is 0 Å². The molecule has 0 saturated carbocycles. The maximum atomic E-state index is 12.4. The Hall–Kier alpha value is -3.88. The summed E-state index contributed by atoms with van der Waals surface area (Å²) in [5.74, 6) is -0.0313. The molecule has 1 aliphatic heterocycles. The summed E-state index contributed by atoms with van der Waals surface area (Å²) >= 11 is 0. The Balaban J connectivity index is 1.93. The second-order valence-electron chi connectivity index (χ2n) is 7.00. The zero-order valence-corrected chi connectivity index (χ0v) is 16.6. The average molecular weight is 405 g/mol. The summed E-state index contributed by atoms with van der Waals surface area (Å²) in [6, 6.07) is 9.24. The number of fused-ring (bicyclic) bond motifs is 1. The normalized spacial score (nSPS) is 13.9. The SMILES string of the molecule is CCNC(=O)c1cn2c(N)nc(-c3ccccc3)c(C3=CCN(C(N)=O)CC3)c2n1. The molecule has 3 amide bonds. The van der Waals surface area contributed by atoms with Crippen LogP contribution in [0.4, 0.5) is 10.7 Å². The van der Waals surface area contributed by atoms with E-state index >= 15 is 0 Å². The van der Waals surface area contributed by atoms with E-state index in [2.05, 4.69) is 15.3 Å². The van der Waals surface area contributed by atoms with E-state index in [4.69, 9.17) is 11.5 Å². The highest BCUT2D eigenvalue weighted by atomic mass is 16.2. The molecule has 5 N–H and O–H groups in total. The summed E-state index contributed by atoms with van der Waals surface area (Å²) in [7, 11) is 0. The van der Waals surface area contributed by atoms with Gasteiger partial charge in [-0.25, -0.2) is 14.8 Å². The molecule has 0 bridgehead atoms. The predicted octanol–water partition coefficient (Wildman–Crippen LogP) is 1.90. The van der Waals surface area contributed by atoms with Crippen molar-refractivity contribution < 1.29 is 9.59 Å². The number of imidazole rings is 1. The zero-order valence-electron chi connectivity index (χ0n) is 16.6. The van der Waals surface area contributed by atoms with Crippen molar-refractivity contribution in [3.63, 3.8) is 0 Å². The second kappa shape index (κ2) is 7.86. The fraction of sp³-hybridized carbons (Fsp3) is 0.238. The molecular weight excluding hydrogens is 382 g/mol. The third kappa shape index (κ3) is 3.45. The van der Waals surface area contributed by atoms with Gasteiger partial charge in [0, 0.05) is 37.0 Å². The molecular formula is C21H23N7O2. The molecule has 154 valence electrons. The molecule has 0 fully saturated rings. The number of hydrogen-bond donors (Lipinski definition) is 3. The number of carbonyl (C=O) groups is 2. The second-order valence-corrected chi connectivity index (χ2v) is 7.00. The average Bonchev–Trinajstić information content (AvgIpc) is 3.21. The Morgan fingerprint density at radius 2 is 1.97 bits per heavy atom. The van der Waals surface area contributed by atoms with Crippen LogP contribution in [0.15, 0.2) is 42.6 Å². The van der Waals surface area contributed by atoms with Gasteiger partial charge in [0.05, 0.1) is 5.69 Å². The van der Waals surface area contributed by atoms with Gasteiger partial charge in [0.2, 0.25) is 5.95 Å². The highest BCUT2D eigenvalue weighted by Gasteiger charge is 2.24. The van der Waals surface area contributed by atoms with Crippen LogP contribution in [0.1, 0.15) is 29.4 Å². The quantitative estimate of drug-likeness (QED) is 0.610. The standard InChI is InChI=1S/C21H23N7O2/c1-2-24-19(29)15-12-28-18(25-15)16(13-8-10-27(11-9-13)21(23)30)17(26-20(28)22)14-6-4-3-5-7-14/h3-8,12H,2,9-11H2,1H3,(H2,22,26)(H2,23,30)(H,24,29). The molecule has 1 aliphatic rings. The van der Waals surface area contributed by atoms with Crippen molar-refractivity contribution >= 4 is 29.1 Å². The van der Waals surface area contributed by atoms with Gasteiger partial charge in [0.15, 0.2) is 0 Å². The van der Waals surface area contributed by atoms with Crippen molar-refractivity contribution in [1.82, 2.24) is 24.6 Å². The number of nitrogens with two attached hydrogens (primary N) is 2. The van der Waals surface area contributed by atoms with E-state index < -0.39 is 6.03 Å². The minimum absolute atomic E-state index is 0.242. The van der Waals surface area contributed by atoms with Crippen molar-refractivity contribution in [1.29, 1.82) is 0 Å². The molecule has 1 aromatic carbocycles. The minimum atomic E-state index is -0.450. The van der Waals surface area contributed by atoms with E-state index in [0.717, 1.165) is 16.7 Å². The van der Waals surface area contributed by atoms with Gasteiger partial charge >= 0.3 is 6.03 Å². The molecule has 0 spiro atoms. The van der Waals surface area contributed by atoms with Crippen molar-refractivity contribution in [2.75, 3.05) is 25.4 Å². The zero-order chi connectivity index (χ0) is 21.3. The molecule has 0 radical (unpaired) electrons. The molecule has 0 aliphatic carbocycles. The molecule has 4 rings (SSSR count). The molecule has 0 unspecified atom stereocenters. The Labute approximate surface area is 173 Å². The first-order valence-corrected chi connectivity index (χ1v) is 9.75. The number of rotatable bonds is 4. The predicted molar refractivity (Wildman–Crippen MR) is 115 cm³/mol. The smallest absolute Gasteiger partial charge is 0.315 e. The lowest BCUT2D eigenvalue weighted by molar-refractivity contribution is 0.0951. The highest BCUT2D eigenvalue weighted by Crippen LogP contribution is 2.35. The summed E-state index contributed by atoms with van der Waals surface area (Å²) in [5.41, 5.74) is 15.8. The largest absolute Gasteiger partial charge is 0.369 e. The van der Waals surface area contributed by atoms with Gasteiger partial charge in [-0.15, -0.1) is 0 Å². The summed E-state index contributed by atoms with van der Waals surface area (Å²) < 4.78 is 1.63. The van der Waals surface area contributed by atoms with Gasteiger partial charge in [-0.3, -0.25) is 9.20 Å². The van der Waals surface area contributed by atoms with E-state index in [1.807, 2.05) is 43.3 Å². The number of nitrogen functional groups attached to an aromatic ring is 1. The van der Waals surface area contributed by atoms with Crippen LogP contribution in [0.2, 0.25) is 0 Å². The number of urea groups is 1. The monoisotopic (exact) mass is 405 g/mol. The van der Waals surface area contributed by atoms with E-state index in [9.17, 15) is 9.59 Å². The Morgan fingerprint density at radius 1 is 1.20 bits per heavy atom. The lowest BCUT2D eigenvalue weighted by Crippen LogP contribution is -2.38. The lowest BCUT2D eigenvalue weighted by Gasteiger charge is -2.25. The van der Waals surface area contributed by atoms with Crippen LogP contribution >= 0.6 is 0 Å². The van der Waals surface area contributed by atoms with Crippen LogP contribution in [0.3, 0.4) is 0 Å². The molecule has 0 saturated heterocycles. The molecule has 9 nitrogen and oxygen atoms in total. The molecule has 9 heteroatoms. The summed E-state index contributed by atoms with van der Waals surface area (Å²) in [6.07, 6.45) is 4.14. The number of primary amides is 1. The molecule has 3 aromatic rings. The first kappa shape index (κ1) is 19.4. The molecule has 3 heterocycles. The molecule has 2 aromatic heterocycles. The number of aromatic nitrogens is 3. The van der Waals surface area contributed by atoms with Crippen molar-refractivity contribution in [3.05, 3.63) is 53.9 Å². The van der Waals surface area contributed by atoms with Crippen molar-refractivity contribution in [2.24, 2.45) is 5.73 Å². The van der Waals surface area contributed by atoms with Gasteiger partial charge < -0.3 is 21.7 Å². The van der Waals surface area contributed by atoms with E-state index in [1.165, 1.54) is 0 Å². The number of benzene rings is 1. The summed E-state index contributed by atoms with van der Waals surface area (Å²) in [6.45, 7) is 3.24. The van der Waals surface area contributed by atoms with E-state index in [-0.39, 0.29) is 17.5 Å². The van der Waals surface area contributed by atoms with Crippen molar-refractivity contribution in [2.45, 2.75) is 13.3 Å². The number of nitrogens with one attached hydrogen (secondary N) is 1. The maximum Gasteiger partial charge on any atom is 0.315 e. The fourth-order valence-electron chi connectivity index (χ4n) is 3.62. The first-order chi connectivity index (χ1) is 14.5. The number of hydrogen-bond acceptors (Lipinski definition) is 5. The summed E-state index contributed by atoms with van der Waals surface area (Å²) in [5, 5.41) is 2.76. The Bertz CT molecular complexity index is 1150. The summed E-state index contributed by atoms with van der Waals surface area (Å²) in [4.78, 5) is 34.7. The number of amides is 3. The van der Waals surface area contributed by atoms with Crippen LogP contribution in [0.5, 0.6) is 0 Å². The lowest BCUT2D eigenvalue weighted by atomic mass is 9.95.